The summed E-state index contributed by atoms with van der Waals surface area (Å²) in [6.07, 6.45) is 2.65. The summed E-state index contributed by atoms with van der Waals surface area (Å²) in [7, 11) is 1.74. The number of ether oxygens (including phenoxy) is 1. The molecule has 1 aliphatic heterocycles. The second-order valence-corrected chi connectivity index (χ2v) is 3.91. The van der Waals surface area contributed by atoms with Gasteiger partial charge in [-0.1, -0.05) is 0 Å². The molecule has 1 aliphatic rings. The highest BCUT2D eigenvalue weighted by Crippen LogP contribution is 2.17. The topological polar surface area (TPSA) is 78.2 Å². The second kappa shape index (κ2) is 5.47. The summed E-state index contributed by atoms with van der Waals surface area (Å²) in [6, 6.07) is 3.70. The maximum absolute atomic E-state index is 12.3. The Morgan fingerprint density at radius 3 is 3.28 bits per heavy atom. The number of hydrogen-bond acceptors (Lipinski definition) is 5. The van der Waals surface area contributed by atoms with Gasteiger partial charge in [-0.15, -0.1) is 0 Å². The van der Waals surface area contributed by atoms with Gasteiger partial charge in [0.1, 0.15) is 0 Å². The molecule has 1 aromatic rings. The van der Waals surface area contributed by atoms with Crippen LogP contribution in [-0.2, 0) is 4.74 Å². The molecule has 0 radical (unpaired) electrons. The molecular weight excluding hydrogens is 232 g/mol. The highest BCUT2D eigenvalue weighted by Gasteiger charge is 2.25. The number of aromatic nitrogens is 1. The van der Waals surface area contributed by atoms with E-state index in [1.54, 1.807) is 30.4 Å². The lowest BCUT2D eigenvalue weighted by Crippen LogP contribution is -2.45. The number of nitrogens with one attached hydrogen (secondary N) is 1. The first-order valence-corrected chi connectivity index (χ1v) is 5.68. The number of anilines is 1. The predicted molar refractivity (Wildman–Crippen MR) is 65.0 cm³/mol. The van der Waals surface area contributed by atoms with Crippen LogP contribution in [0, 0.1) is 11.3 Å². The van der Waals surface area contributed by atoms with E-state index in [9.17, 15) is 4.79 Å². The number of nitrogens with zero attached hydrogens (tertiary/aromatic N) is 3. The summed E-state index contributed by atoms with van der Waals surface area (Å²) in [5, 5.41) is 11.8. The number of rotatable bonds is 2. The maximum Gasteiger partial charge on any atom is 0.256 e. The smallest absolute Gasteiger partial charge is 0.256 e. The van der Waals surface area contributed by atoms with E-state index in [0.29, 0.717) is 30.9 Å². The minimum atomic E-state index is -0.539. The fraction of sp³-hybridized carbons (Fsp3) is 0.417. The van der Waals surface area contributed by atoms with E-state index in [1.165, 1.54) is 0 Å². The Morgan fingerprint density at radius 1 is 1.72 bits per heavy atom. The molecule has 0 aromatic carbocycles. The fourth-order valence-electron chi connectivity index (χ4n) is 1.86. The van der Waals surface area contributed by atoms with Gasteiger partial charge in [0, 0.05) is 19.8 Å². The highest BCUT2D eigenvalue weighted by atomic mass is 16.5. The zero-order chi connectivity index (χ0) is 13.0. The summed E-state index contributed by atoms with van der Waals surface area (Å²) >= 11 is 0. The molecule has 0 aliphatic carbocycles. The van der Waals surface area contributed by atoms with E-state index in [2.05, 4.69) is 10.3 Å². The lowest BCUT2D eigenvalue weighted by Gasteiger charge is -2.30. The molecule has 2 rings (SSSR count). The third-order valence-electron chi connectivity index (χ3n) is 2.82. The molecule has 18 heavy (non-hydrogen) atoms. The molecule has 1 saturated heterocycles. The number of carbonyl (C=O) groups is 1. The fourth-order valence-corrected chi connectivity index (χ4v) is 1.86. The van der Waals surface area contributed by atoms with Crippen molar-refractivity contribution in [1.82, 2.24) is 9.88 Å². The number of hydrogen-bond donors (Lipinski definition) is 1. The van der Waals surface area contributed by atoms with E-state index in [4.69, 9.17) is 10.00 Å². The van der Waals surface area contributed by atoms with Gasteiger partial charge in [-0.25, -0.2) is 0 Å². The Hall–Kier alpha value is -2.13. The van der Waals surface area contributed by atoms with Crippen LogP contribution in [0.1, 0.15) is 10.4 Å². The number of pyridine rings is 1. The summed E-state index contributed by atoms with van der Waals surface area (Å²) in [5.74, 6) is -0.106. The van der Waals surface area contributed by atoms with Crippen molar-refractivity contribution >= 4 is 11.6 Å². The van der Waals surface area contributed by atoms with Crippen molar-refractivity contribution in [2.45, 2.75) is 6.10 Å². The van der Waals surface area contributed by atoms with Crippen molar-refractivity contribution in [2.24, 2.45) is 0 Å². The molecule has 1 aromatic heterocycles. The molecule has 1 unspecified atom stereocenters. The minimum absolute atomic E-state index is 0.106. The molecular formula is C12H14N4O2. The van der Waals surface area contributed by atoms with E-state index in [0.717, 1.165) is 0 Å². The first kappa shape index (κ1) is 12.3. The van der Waals surface area contributed by atoms with Crippen LogP contribution in [0.25, 0.3) is 0 Å². The summed E-state index contributed by atoms with van der Waals surface area (Å²) in [6.45, 7) is 1.20. The lowest BCUT2D eigenvalue weighted by atomic mass is 10.1. The maximum atomic E-state index is 12.3. The first-order valence-electron chi connectivity index (χ1n) is 5.68. The minimum Gasteiger partial charge on any atom is -0.386 e. The SMILES string of the molecule is CNc1cnccc1C(=O)N1CCOC(C#N)C1. The van der Waals surface area contributed by atoms with Crippen LogP contribution in [0.2, 0.25) is 0 Å². The Kier molecular flexibility index (Phi) is 3.75. The molecule has 1 amide bonds. The van der Waals surface area contributed by atoms with Crippen LogP contribution in [0.15, 0.2) is 18.5 Å². The Balaban J connectivity index is 2.18. The predicted octanol–water partition coefficient (Wildman–Crippen LogP) is 0.488. The standard InChI is InChI=1S/C12H14N4O2/c1-14-11-7-15-3-2-10(11)12(17)16-4-5-18-9(6-13)8-16/h2-3,7,9,14H,4-5,8H2,1H3. The monoisotopic (exact) mass is 246 g/mol. The molecule has 6 heteroatoms. The Bertz CT molecular complexity index is 483. The van der Waals surface area contributed by atoms with Gasteiger partial charge in [0.25, 0.3) is 5.91 Å². The van der Waals surface area contributed by atoms with E-state index in [-0.39, 0.29) is 5.91 Å². The zero-order valence-electron chi connectivity index (χ0n) is 10.1. The van der Waals surface area contributed by atoms with Crippen molar-refractivity contribution in [3.63, 3.8) is 0 Å². The van der Waals surface area contributed by atoms with Gasteiger partial charge in [0.2, 0.25) is 0 Å². The molecule has 1 atom stereocenters. The molecule has 94 valence electrons. The van der Waals surface area contributed by atoms with Crippen molar-refractivity contribution in [3.05, 3.63) is 24.0 Å². The van der Waals surface area contributed by atoms with Gasteiger partial charge in [-0.05, 0) is 6.07 Å². The Labute approximate surface area is 105 Å². The molecule has 6 nitrogen and oxygen atoms in total. The normalized spacial score (nSPS) is 19.1. The van der Waals surface area contributed by atoms with Gasteiger partial charge in [-0.2, -0.15) is 5.26 Å². The number of morpholine rings is 1. The highest BCUT2D eigenvalue weighted by molar-refractivity contribution is 5.99. The van der Waals surface area contributed by atoms with Crippen molar-refractivity contribution in [1.29, 1.82) is 5.26 Å². The van der Waals surface area contributed by atoms with Crippen molar-refractivity contribution < 1.29 is 9.53 Å². The first-order chi connectivity index (χ1) is 8.76. The van der Waals surface area contributed by atoms with Crippen LogP contribution >= 0.6 is 0 Å². The van der Waals surface area contributed by atoms with Gasteiger partial charge in [0.05, 0.1) is 36.7 Å². The molecule has 0 saturated carbocycles. The van der Waals surface area contributed by atoms with Crippen LogP contribution in [-0.4, -0.2) is 48.6 Å². The molecule has 1 fully saturated rings. The van der Waals surface area contributed by atoms with Gasteiger partial charge in [-0.3, -0.25) is 9.78 Å². The quantitative estimate of drug-likeness (QED) is 0.821. The van der Waals surface area contributed by atoms with Gasteiger partial charge < -0.3 is 15.0 Å². The number of nitriles is 1. The summed E-state index contributed by atoms with van der Waals surface area (Å²) < 4.78 is 5.22. The molecule has 1 N–H and O–H groups in total. The van der Waals surface area contributed by atoms with E-state index < -0.39 is 6.10 Å². The van der Waals surface area contributed by atoms with E-state index >= 15 is 0 Å². The van der Waals surface area contributed by atoms with Crippen LogP contribution in [0.3, 0.4) is 0 Å². The van der Waals surface area contributed by atoms with E-state index in [1.807, 2.05) is 6.07 Å². The van der Waals surface area contributed by atoms with Gasteiger partial charge >= 0.3 is 0 Å². The van der Waals surface area contributed by atoms with Crippen molar-refractivity contribution in [2.75, 3.05) is 32.1 Å². The van der Waals surface area contributed by atoms with Crippen LogP contribution < -0.4 is 5.32 Å². The molecule has 0 spiro atoms. The van der Waals surface area contributed by atoms with Gasteiger partial charge in [0.15, 0.2) is 6.10 Å². The number of carbonyl (C=O) groups excluding carboxylic acids is 1. The summed E-state index contributed by atoms with van der Waals surface area (Å²) in [4.78, 5) is 17.9. The largest absolute Gasteiger partial charge is 0.386 e. The zero-order valence-corrected chi connectivity index (χ0v) is 10.1. The van der Waals surface area contributed by atoms with Crippen LogP contribution in [0.5, 0.6) is 0 Å². The lowest BCUT2D eigenvalue weighted by molar-refractivity contribution is 0.00351. The average molecular weight is 246 g/mol. The van der Waals surface area contributed by atoms with Crippen LogP contribution in [0.4, 0.5) is 5.69 Å². The van der Waals surface area contributed by atoms with Crippen molar-refractivity contribution in [3.8, 4) is 6.07 Å². The number of amides is 1. The summed E-state index contributed by atoms with van der Waals surface area (Å²) in [5.41, 5.74) is 1.24. The second-order valence-electron chi connectivity index (χ2n) is 3.91. The molecule has 2 heterocycles. The molecule has 0 bridgehead atoms. The third kappa shape index (κ3) is 2.41. The third-order valence-corrected chi connectivity index (χ3v) is 2.82. The average Bonchev–Trinajstić information content (AvgIpc) is 2.46. The Morgan fingerprint density at radius 2 is 2.56 bits per heavy atom.